The second-order valence-corrected chi connectivity index (χ2v) is 3.76. The van der Waals surface area contributed by atoms with Gasteiger partial charge in [0.2, 0.25) is 0 Å². The largest absolute Gasteiger partial charge is 0.373 e. The Morgan fingerprint density at radius 3 is 2.71 bits per heavy atom. The molecule has 0 bridgehead atoms. The van der Waals surface area contributed by atoms with Gasteiger partial charge in [-0.05, 0) is 36.8 Å². The Labute approximate surface area is 99.7 Å². The molecule has 4 heteroatoms. The van der Waals surface area contributed by atoms with Gasteiger partial charge in [-0.15, -0.1) is 0 Å². The zero-order valence-corrected chi connectivity index (χ0v) is 9.79. The molecule has 2 rings (SSSR count). The van der Waals surface area contributed by atoms with E-state index in [2.05, 4.69) is 15.6 Å². The summed E-state index contributed by atoms with van der Waals surface area (Å²) in [4.78, 5) is 4.12. The van der Waals surface area contributed by atoms with Gasteiger partial charge >= 0.3 is 0 Å². The van der Waals surface area contributed by atoms with Crippen molar-refractivity contribution in [1.29, 1.82) is 0 Å². The highest BCUT2D eigenvalue weighted by Crippen LogP contribution is 2.22. The van der Waals surface area contributed by atoms with Crippen molar-refractivity contribution in [2.75, 3.05) is 17.7 Å². The summed E-state index contributed by atoms with van der Waals surface area (Å²) in [6, 6.07) is 8.43. The quantitative estimate of drug-likeness (QED) is 0.850. The molecule has 3 nitrogen and oxygen atoms in total. The van der Waals surface area contributed by atoms with Crippen LogP contribution in [0.4, 0.5) is 21.6 Å². The first-order chi connectivity index (χ1) is 8.19. The third-order valence-electron chi connectivity index (χ3n) is 2.48. The second-order valence-electron chi connectivity index (χ2n) is 3.76. The van der Waals surface area contributed by atoms with Crippen molar-refractivity contribution in [3.05, 3.63) is 47.9 Å². The maximum absolute atomic E-state index is 13.0. The molecule has 1 heterocycles. The van der Waals surface area contributed by atoms with E-state index in [0.29, 0.717) is 0 Å². The fraction of sp³-hybridized carbons (Fsp3) is 0.154. The van der Waals surface area contributed by atoms with E-state index in [9.17, 15) is 4.39 Å². The predicted molar refractivity (Wildman–Crippen MR) is 68.2 cm³/mol. The lowest BCUT2D eigenvalue weighted by Gasteiger charge is -2.10. The molecule has 2 aromatic rings. The summed E-state index contributed by atoms with van der Waals surface area (Å²) in [6.45, 7) is 1.87. The van der Waals surface area contributed by atoms with E-state index in [1.807, 2.05) is 26.1 Å². The summed E-state index contributed by atoms with van der Waals surface area (Å²) in [7, 11) is 1.81. The van der Waals surface area contributed by atoms with E-state index >= 15 is 0 Å². The predicted octanol–water partition coefficient (Wildman–Crippen LogP) is 3.31. The van der Waals surface area contributed by atoms with Crippen LogP contribution in [-0.2, 0) is 0 Å². The summed E-state index contributed by atoms with van der Waals surface area (Å²) in [5.41, 5.74) is 2.67. The molecule has 0 atom stereocenters. The van der Waals surface area contributed by atoms with Crippen LogP contribution >= 0.6 is 0 Å². The lowest BCUT2D eigenvalue weighted by molar-refractivity contribution is 0.627. The van der Waals surface area contributed by atoms with E-state index < -0.39 is 0 Å². The normalized spacial score (nSPS) is 10.1. The summed E-state index contributed by atoms with van der Waals surface area (Å²) in [5, 5.41) is 6.19. The minimum Gasteiger partial charge on any atom is -0.373 e. The van der Waals surface area contributed by atoms with Gasteiger partial charge in [0.05, 0.1) is 0 Å². The molecule has 0 saturated heterocycles. The molecule has 0 amide bonds. The number of halogens is 1. The molecule has 0 spiro atoms. The zero-order valence-electron chi connectivity index (χ0n) is 9.79. The number of aryl methyl sites for hydroxylation is 1. The summed E-state index contributed by atoms with van der Waals surface area (Å²) in [5.74, 6) is 0.563. The maximum atomic E-state index is 13.0. The van der Waals surface area contributed by atoms with Crippen LogP contribution in [0, 0.1) is 12.7 Å². The molecular formula is C13H14FN3. The number of pyridine rings is 1. The van der Waals surface area contributed by atoms with Crippen LogP contribution in [0.1, 0.15) is 5.56 Å². The van der Waals surface area contributed by atoms with Crippen molar-refractivity contribution < 1.29 is 4.39 Å². The number of hydrogen-bond donors (Lipinski definition) is 2. The van der Waals surface area contributed by atoms with Crippen LogP contribution in [0.3, 0.4) is 0 Å². The van der Waals surface area contributed by atoms with Gasteiger partial charge in [0.25, 0.3) is 0 Å². The molecule has 0 saturated carbocycles. The molecule has 0 aliphatic carbocycles. The smallest absolute Gasteiger partial charge is 0.127 e. The number of nitrogens with zero attached hydrogens (tertiary/aromatic N) is 1. The topological polar surface area (TPSA) is 37.0 Å². The number of aromatic nitrogens is 1. The Balaban J connectivity index is 2.25. The van der Waals surface area contributed by atoms with Crippen molar-refractivity contribution in [3.63, 3.8) is 0 Å². The van der Waals surface area contributed by atoms with Gasteiger partial charge in [0.1, 0.15) is 11.6 Å². The van der Waals surface area contributed by atoms with Gasteiger partial charge in [0, 0.05) is 30.7 Å². The fourth-order valence-corrected chi connectivity index (χ4v) is 1.57. The average Bonchev–Trinajstić information content (AvgIpc) is 2.33. The first-order valence-electron chi connectivity index (χ1n) is 5.36. The molecule has 17 heavy (non-hydrogen) atoms. The third kappa shape index (κ3) is 2.72. The van der Waals surface area contributed by atoms with Gasteiger partial charge < -0.3 is 10.6 Å². The van der Waals surface area contributed by atoms with Gasteiger partial charge in [-0.3, -0.25) is 0 Å². The number of hydrogen-bond acceptors (Lipinski definition) is 3. The van der Waals surface area contributed by atoms with Crippen LogP contribution < -0.4 is 10.6 Å². The third-order valence-corrected chi connectivity index (χ3v) is 2.48. The van der Waals surface area contributed by atoms with E-state index in [1.54, 1.807) is 12.3 Å². The molecule has 0 aliphatic rings. The molecule has 88 valence electrons. The molecular weight excluding hydrogens is 217 g/mol. The Hall–Kier alpha value is -2.10. The highest BCUT2D eigenvalue weighted by Gasteiger charge is 2.01. The van der Waals surface area contributed by atoms with Crippen molar-refractivity contribution in [1.82, 2.24) is 4.98 Å². The number of nitrogens with one attached hydrogen (secondary N) is 2. The van der Waals surface area contributed by atoms with Crippen molar-refractivity contribution in [3.8, 4) is 0 Å². The number of benzene rings is 1. The molecule has 0 radical (unpaired) electrons. The minimum absolute atomic E-state index is 0.223. The summed E-state index contributed by atoms with van der Waals surface area (Å²) in [6.07, 6.45) is 1.72. The molecule has 0 unspecified atom stereocenters. The average molecular weight is 231 g/mol. The highest BCUT2D eigenvalue weighted by molar-refractivity contribution is 5.64. The van der Waals surface area contributed by atoms with Crippen molar-refractivity contribution in [2.45, 2.75) is 6.92 Å². The maximum Gasteiger partial charge on any atom is 0.127 e. The summed E-state index contributed by atoms with van der Waals surface area (Å²) >= 11 is 0. The summed E-state index contributed by atoms with van der Waals surface area (Å²) < 4.78 is 13.0. The van der Waals surface area contributed by atoms with Crippen LogP contribution in [-0.4, -0.2) is 12.0 Å². The highest BCUT2D eigenvalue weighted by atomic mass is 19.1. The van der Waals surface area contributed by atoms with Gasteiger partial charge in [-0.2, -0.15) is 0 Å². The monoisotopic (exact) mass is 231 g/mol. The van der Waals surface area contributed by atoms with Crippen molar-refractivity contribution >= 4 is 17.2 Å². The van der Waals surface area contributed by atoms with E-state index in [1.165, 1.54) is 12.1 Å². The lowest BCUT2D eigenvalue weighted by Crippen LogP contribution is -1.96. The van der Waals surface area contributed by atoms with Gasteiger partial charge in [-0.1, -0.05) is 0 Å². The Bertz CT molecular complexity index is 526. The fourth-order valence-electron chi connectivity index (χ4n) is 1.57. The second kappa shape index (κ2) is 4.82. The van der Waals surface area contributed by atoms with Crippen LogP contribution in [0.2, 0.25) is 0 Å². The van der Waals surface area contributed by atoms with Crippen LogP contribution in [0.25, 0.3) is 0 Å². The van der Waals surface area contributed by atoms with Crippen LogP contribution in [0.15, 0.2) is 36.5 Å². The van der Waals surface area contributed by atoms with E-state index in [4.69, 9.17) is 0 Å². The molecule has 2 N–H and O–H groups in total. The Morgan fingerprint density at radius 2 is 2.00 bits per heavy atom. The first kappa shape index (κ1) is 11.4. The Kier molecular flexibility index (Phi) is 3.23. The lowest BCUT2D eigenvalue weighted by atomic mass is 10.2. The Morgan fingerprint density at radius 1 is 1.18 bits per heavy atom. The molecule has 1 aromatic carbocycles. The zero-order chi connectivity index (χ0) is 12.3. The number of anilines is 3. The van der Waals surface area contributed by atoms with Gasteiger partial charge in [-0.25, -0.2) is 9.37 Å². The van der Waals surface area contributed by atoms with Crippen LogP contribution in [0.5, 0.6) is 0 Å². The molecule has 1 aromatic heterocycles. The number of rotatable bonds is 3. The van der Waals surface area contributed by atoms with Gasteiger partial charge in [0.15, 0.2) is 0 Å². The standard InChI is InChI=1S/C13H14FN3/c1-9-7-10(14)3-4-12(9)17-11-5-6-16-13(8-11)15-2/h3-8H,1-2H3,(H2,15,16,17). The molecule has 0 fully saturated rings. The minimum atomic E-state index is -0.223. The molecule has 0 aliphatic heterocycles. The van der Waals surface area contributed by atoms with Crippen molar-refractivity contribution in [2.24, 2.45) is 0 Å². The van der Waals surface area contributed by atoms with E-state index in [-0.39, 0.29) is 5.82 Å². The van der Waals surface area contributed by atoms with E-state index in [0.717, 1.165) is 22.8 Å². The SMILES string of the molecule is CNc1cc(Nc2ccc(F)cc2C)ccn1. The first-order valence-corrected chi connectivity index (χ1v) is 5.36.